The number of carbonyl (C=O) groups is 2. The number of ether oxygens (including phenoxy) is 1. The fourth-order valence-corrected chi connectivity index (χ4v) is 3.08. The summed E-state index contributed by atoms with van der Waals surface area (Å²) in [5, 5.41) is 24.5. The third-order valence-electron chi connectivity index (χ3n) is 5.07. The van der Waals surface area contributed by atoms with E-state index < -0.39 is 17.5 Å². The van der Waals surface area contributed by atoms with Crippen LogP contribution < -0.4 is 5.32 Å². The number of nitrogens with one attached hydrogen (secondary N) is 1. The molecule has 34 heavy (non-hydrogen) atoms. The normalized spacial score (nSPS) is 13.5. The number of benzene rings is 1. The highest BCUT2D eigenvalue weighted by Crippen LogP contribution is 2.48. The second-order valence-corrected chi connectivity index (χ2v) is 7.32. The highest BCUT2D eigenvalue weighted by molar-refractivity contribution is 5.87. The molecule has 0 saturated heterocycles. The zero-order valence-corrected chi connectivity index (χ0v) is 17.2. The molecule has 1 saturated carbocycles. The quantitative estimate of drug-likeness (QED) is 0.419. The van der Waals surface area contributed by atoms with E-state index in [1.165, 1.54) is 0 Å². The first kappa shape index (κ1) is 20.8. The van der Waals surface area contributed by atoms with Crippen molar-refractivity contribution < 1.29 is 32.8 Å². The Balaban J connectivity index is 1.32. The molecule has 5 rings (SSSR count). The Kier molecular flexibility index (Phi) is 4.96. The molecule has 1 aliphatic carbocycles. The molecule has 1 aromatic carbocycles. The third kappa shape index (κ3) is 3.80. The molecule has 2 N–H and O–H groups in total. The second kappa shape index (κ2) is 8.11. The average Bonchev–Trinajstić information content (AvgIpc) is 3.23. The van der Waals surface area contributed by atoms with Crippen LogP contribution in [-0.4, -0.2) is 32.3 Å². The van der Waals surface area contributed by atoms with Crippen LogP contribution in [0.1, 0.15) is 41.6 Å². The van der Waals surface area contributed by atoms with Crippen molar-refractivity contribution in [2.24, 2.45) is 0 Å². The first-order chi connectivity index (χ1) is 16.5. The molecule has 12 heteroatoms. The van der Waals surface area contributed by atoms with Gasteiger partial charge in [0.15, 0.2) is 0 Å². The SMILES string of the molecule is N#Cc1noc(C#Cc2nc3nc(C4(C(=O)O)CC4)oc3o2)c1NC(=O)OCc1ccccc1. The Morgan fingerprint density at radius 1 is 1.18 bits per heavy atom. The van der Waals surface area contributed by atoms with E-state index in [0.717, 1.165) is 5.56 Å². The fourth-order valence-electron chi connectivity index (χ4n) is 3.08. The summed E-state index contributed by atoms with van der Waals surface area (Å²) in [7, 11) is 0. The van der Waals surface area contributed by atoms with Crippen molar-refractivity contribution in [2.75, 3.05) is 5.32 Å². The minimum atomic E-state index is -1.13. The van der Waals surface area contributed by atoms with Crippen molar-refractivity contribution >= 4 is 29.2 Å². The average molecular weight is 459 g/mol. The lowest BCUT2D eigenvalue weighted by Crippen LogP contribution is -2.19. The molecule has 0 radical (unpaired) electrons. The van der Waals surface area contributed by atoms with Crippen LogP contribution in [0.4, 0.5) is 10.5 Å². The molecule has 0 bridgehead atoms. The Labute approximate surface area is 190 Å². The third-order valence-corrected chi connectivity index (χ3v) is 5.07. The molecule has 0 spiro atoms. The van der Waals surface area contributed by atoms with Gasteiger partial charge in [-0.3, -0.25) is 10.1 Å². The minimum absolute atomic E-state index is 0.0222. The second-order valence-electron chi connectivity index (χ2n) is 7.32. The molecule has 0 aliphatic heterocycles. The van der Waals surface area contributed by atoms with Gasteiger partial charge in [-0.2, -0.15) is 15.2 Å². The molecule has 3 heterocycles. The van der Waals surface area contributed by atoms with Gasteiger partial charge in [0.05, 0.1) is 0 Å². The van der Waals surface area contributed by atoms with Gasteiger partial charge in [0.2, 0.25) is 23.0 Å². The van der Waals surface area contributed by atoms with Crippen molar-refractivity contribution in [2.45, 2.75) is 24.9 Å². The molecule has 4 aromatic rings. The number of aliphatic carboxylic acids is 1. The summed E-state index contributed by atoms with van der Waals surface area (Å²) in [6.45, 7) is 0.0222. The van der Waals surface area contributed by atoms with Crippen molar-refractivity contribution in [3.63, 3.8) is 0 Å². The number of amides is 1. The van der Waals surface area contributed by atoms with E-state index in [1.54, 1.807) is 18.2 Å². The monoisotopic (exact) mass is 459 g/mol. The lowest BCUT2D eigenvalue weighted by Gasteiger charge is -2.05. The van der Waals surface area contributed by atoms with E-state index in [0.29, 0.717) is 12.8 Å². The first-order valence-corrected chi connectivity index (χ1v) is 9.89. The number of oxazole rings is 2. The number of hydrogen-bond donors (Lipinski definition) is 2. The molecule has 0 atom stereocenters. The number of nitriles is 1. The molecule has 3 aromatic heterocycles. The first-order valence-electron chi connectivity index (χ1n) is 9.89. The minimum Gasteiger partial charge on any atom is -0.480 e. The van der Waals surface area contributed by atoms with Gasteiger partial charge in [-0.1, -0.05) is 35.5 Å². The van der Waals surface area contributed by atoms with Crippen LogP contribution in [0.3, 0.4) is 0 Å². The smallest absolute Gasteiger partial charge is 0.412 e. The lowest BCUT2D eigenvalue weighted by atomic mass is 10.1. The number of anilines is 1. The van der Waals surface area contributed by atoms with E-state index in [-0.39, 0.29) is 47.0 Å². The maximum atomic E-state index is 12.2. The van der Waals surface area contributed by atoms with E-state index in [4.69, 9.17) is 18.1 Å². The number of carboxylic acid groups (broad SMARTS) is 1. The predicted molar refractivity (Wildman–Crippen MR) is 110 cm³/mol. The maximum Gasteiger partial charge on any atom is 0.412 e. The predicted octanol–water partition coefficient (Wildman–Crippen LogP) is 2.94. The number of nitrogens with zero attached hydrogens (tertiary/aromatic N) is 4. The summed E-state index contributed by atoms with van der Waals surface area (Å²) in [4.78, 5) is 31.7. The van der Waals surface area contributed by atoms with Gasteiger partial charge < -0.3 is 23.2 Å². The number of aromatic nitrogens is 3. The zero-order chi connectivity index (χ0) is 23.7. The topological polar surface area (TPSA) is 178 Å². The highest BCUT2D eigenvalue weighted by atomic mass is 16.5. The Hall–Kier alpha value is -5.10. The molecular formula is C22H13N5O7. The van der Waals surface area contributed by atoms with Gasteiger partial charge in [0.1, 0.15) is 23.8 Å². The van der Waals surface area contributed by atoms with Gasteiger partial charge in [-0.15, -0.1) is 0 Å². The molecule has 1 aliphatic rings. The molecule has 1 amide bonds. The number of hydrogen-bond acceptors (Lipinski definition) is 10. The zero-order valence-electron chi connectivity index (χ0n) is 17.2. The van der Waals surface area contributed by atoms with Crippen LogP contribution >= 0.6 is 0 Å². The summed E-state index contributed by atoms with van der Waals surface area (Å²) in [5.74, 6) is 3.87. The van der Waals surface area contributed by atoms with E-state index >= 15 is 0 Å². The number of carbonyl (C=O) groups excluding carboxylic acids is 1. The Morgan fingerprint density at radius 2 is 1.97 bits per heavy atom. The fraction of sp³-hybridized carbons (Fsp3) is 0.182. The van der Waals surface area contributed by atoms with E-state index in [2.05, 4.69) is 32.3 Å². The summed E-state index contributed by atoms with van der Waals surface area (Å²) in [6, 6.07) is 10.8. The van der Waals surface area contributed by atoms with Crippen molar-refractivity contribution in [3.8, 4) is 17.9 Å². The van der Waals surface area contributed by atoms with Gasteiger partial charge in [0, 0.05) is 5.92 Å². The van der Waals surface area contributed by atoms with Crippen LogP contribution in [0.2, 0.25) is 0 Å². The van der Waals surface area contributed by atoms with Crippen LogP contribution in [0.25, 0.3) is 11.4 Å². The summed E-state index contributed by atoms with van der Waals surface area (Å²) < 4.78 is 21.0. The highest BCUT2D eigenvalue weighted by Gasteiger charge is 2.56. The van der Waals surface area contributed by atoms with E-state index in [9.17, 15) is 20.0 Å². The standard InChI is InChI=1S/C22H13N5O7/c23-10-13-16(25-21(30)31-11-12-4-2-1-3-5-12)14(34-27-13)6-7-15-24-17-18(32-15)33-19(26-17)22(8-9-22)20(28)29/h1-5H,8-9,11H2,(H,25,30)(H,28,29). The van der Waals surface area contributed by atoms with Gasteiger partial charge >= 0.3 is 17.8 Å². The molecule has 168 valence electrons. The lowest BCUT2D eigenvalue weighted by molar-refractivity contribution is -0.140. The number of fused-ring (bicyclic) bond motifs is 1. The summed E-state index contributed by atoms with van der Waals surface area (Å²) in [5.41, 5.74) is -0.537. The maximum absolute atomic E-state index is 12.2. The van der Waals surface area contributed by atoms with Crippen LogP contribution in [0.15, 0.2) is 43.7 Å². The van der Waals surface area contributed by atoms with E-state index in [1.807, 2.05) is 18.2 Å². The molecule has 12 nitrogen and oxygen atoms in total. The number of rotatable bonds is 5. The summed E-state index contributed by atoms with van der Waals surface area (Å²) in [6.07, 6.45) is 0.0207. The van der Waals surface area contributed by atoms with Crippen molar-refractivity contribution in [3.05, 3.63) is 59.1 Å². The molecular weight excluding hydrogens is 446 g/mol. The molecule has 1 fully saturated rings. The van der Waals surface area contributed by atoms with Crippen LogP contribution in [0.5, 0.6) is 0 Å². The Bertz CT molecular complexity index is 1480. The largest absolute Gasteiger partial charge is 0.480 e. The van der Waals surface area contributed by atoms with Gasteiger partial charge in [-0.05, 0) is 24.3 Å². The number of carboxylic acids is 1. The van der Waals surface area contributed by atoms with Gasteiger partial charge in [0.25, 0.3) is 5.89 Å². The van der Waals surface area contributed by atoms with Crippen molar-refractivity contribution in [1.82, 2.24) is 15.1 Å². The Morgan fingerprint density at radius 3 is 2.65 bits per heavy atom. The summed E-state index contributed by atoms with van der Waals surface area (Å²) >= 11 is 0. The van der Waals surface area contributed by atoms with Crippen LogP contribution in [-0.2, 0) is 21.6 Å². The van der Waals surface area contributed by atoms with Crippen LogP contribution in [0, 0.1) is 23.2 Å². The van der Waals surface area contributed by atoms with Gasteiger partial charge in [-0.25, -0.2) is 4.79 Å². The molecule has 0 unspecified atom stereocenters. The van der Waals surface area contributed by atoms with Crippen molar-refractivity contribution in [1.29, 1.82) is 5.26 Å².